The highest BCUT2D eigenvalue weighted by Gasteiger charge is 2.30. The molecule has 1 fully saturated rings. The molecule has 178 valence electrons. The number of unbranched alkanes of at least 4 members (excludes halogenated alkanes) is 2. The molecule has 0 spiro atoms. The van der Waals surface area contributed by atoms with E-state index in [0.717, 1.165) is 37.0 Å². The summed E-state index contributed by atoms with van der Waals surface area (Å²) in [6.45, 7) is 0.945. The molecule has 1 N–H and O–H groups in total. The van der Waals surface area contributed by atoms with Gasteiger partial charge in [-0.2, -0.15) is 0 Å². The van der Waals surface area contributed by atoms with E-state index in [-0.39, 0.29) is 12.3 Å². The predicted molar refractivity (Wildman–Crippen MR) is 130 cm³/mol. The molecule has 1 amide bonds. The second-order valence-corrected chi connectivity index (χ2v) is 8.46. The van der Waals surface area contributed by atoms with Gasteiger partial charge in [0.05, 0.1) is 20.3 Å². The average Bonchev–Trinajstić information content (AvgIpc) is 3.41. The highest BCUT2D eigenvalue weighted by Crippen LogP contribution is 2.37. The first-order valence-electron chi connectivity index (χ1n) is 12.4. The number of hydrogen-bond donors (Lipinski definition) is 1. The van der Waals surface area contributed by atoms with Gasteiger partial charge in [-0.25, -0.2) is 0 Å². The van der Waals surface area contributed by atoms with Crippen molar-refractivity contribution in [3.8, 4) is 17.1 Å². The molecular formula is C28H31NO5. The SMILES string of the molecule is [2H]C1(c2ccccc2OCCCCCC(=O)O)CCCCN1C(=O)c1ccc(-c2ccco2)cc1. The van der Waals surface area contributed by atoms with Crippen molar-refractivity contribution in [1.29, 1.82) is 0 Å². The highest BCUT2D eigenvalue weighted by atomic mass is 16.5. The first-order valence-corrected chi connectivity index (χ1v) is 11.9. The molecule has 0 aliphatic carbocycles. The number of furan rings is 1. The molecular weight excluding hydrogens is 430 g/mol. The Balaban J connectivity index is 1.50. The Morgan fingerprint density at radius 2 is 1.85 bits per heavy atom. The fourth-order valence-corrected chi connectivity index (χ4v) is 4.28. The van der Waals surface area contributed by atoms with E-state index in [2.05, 4.69) is 0 Å². The van der Waals surface area contributed by atoms with Crippen LogP contribution in [-0.4, -0.2) is 35.0 Å². The van der Waals surface area contributed by atoms with E-state index in [1.54, 1.807) is 23.3 Å². The molecule has 1 saturated heterocycles. The van der Waals surface area contributed by atoms with Crippen LogP contribution in [0.2, 0.25) is 0 Å². The highest BCUT2D eigenvalue weighted by molar-refractivity contribution is 5.95. The lowest BCUT2D eigenvalue weighted by atomic mass is 9.93. The molecule has 1 unspecified atom stereocenters. The molecule has 1 atom stereocenters. The third-order valence-electron chi connectivity index (χ3n) is 6.04. The quantitative estimate of drug-likeness (QED) is 0.356. The van der Waals surface area contributed by atoms with E-state index < -0.39 is 12.0 Å². The Labute approximate surface area is 201 Å². The minimum Gasteiger partial charge on any atom is -0.493 e. The summed E-state index contributed by atoms with van der Waals surface area (Å²) in [5.41, 5.74) is 2.12. The van der Waals surface area contributed by atoms with Crippen LogP contribution in [0.1, 0.15) is 68.3 Å². The summed E-state index contributed by atoms with van der Waals surface area (Å²) >= 11 is 0. The van der Waals surface area contributed by atoms with Gasteiger partial charge in [-0.1, -0.05) is 30.3 Å². The monoisotopic (exact) mass is 462 g/mol. The number of likely N-dealkylation sites (tertiary alicyclic amines) is 1. The first kappa shape index (κ1) is 22.3. The molecule has 34 heavy (non-hydrogen) atoms. The number of ether oxygens (including phenoxy) is 1. The standard InChI is InChI=1S/C28H31NO5/c30-27(31)13-2-1-7-19-34-26-11-4-3-9-23(26)24-10-5-6-18-29(24)28(32)22-16-14-21(15-17-22)25-12-8-20-33-25/h3-4,8-9,11-12,14-17,20,24H,1-2,5-7,10,13,18-19H2,(H,30,31)/i24D. The van der Waals surface area contributed by atoms with Crippen LogP contribution in [-0.2, 0) is 4.79 Å². The van der Waals surface area contributed by atoms with Crippen molar-refractivity contribution in [2.24, 2.45) is 0 Å². The Morgan fingerprint density at radius 3 is 2.62 bits per heavy atom. The van der Waals surface area contributed by atoms with Gasteiger partial charge in [0.25, 0.3) is 5.91 Å². The fourth-order valence-electron chi connectivity index (χ4n) is 4.28. The first-order chi connectivity index (χ1) is 17.0. The van der Waals surface area contributed by atoms with E-state index >= 15 is 0 Å². The van der Waals surface area contributed by atoms with E-state index in [1.807, 2.05) is 48.5 Å². The number of rotatable bonds is 10. The lowest BCUT2D eigenvalue weighted by molar-refractivity contribution is -0.137. The summed E-state index contributed by atoms with van der Waals surface area (Å²) in [4.78, 5) is 25.9. The number of carbonyl (C=O) groups excluding carboxylic acids is 1. The van der Waals surface area contributed by atoms with Crippen LogP contribution in [0.15, 0.2) is 71.3 Å². The maximum absolute atomic E-state index is 13.6. The van der Waals surface area contributed by atoms with Crippen molar-refractivity contribution in [3.05, 3.63) is 78.1 Å². The second-order valence-electron chi connectivity index (χ2n) is 8.46. The van der Waals surface area contributed by atoms with Crippen LogP contribution in [0.25, 0.3) is 11.3 Å². The average molecular weight is 463 g/mol. The largest absolute Gasteiger partial charge is 0.493 e. The summed E-state index contributed by atoms with van der Waals surface area (Å²) in [6, 6.07) is 17.2. The number of para-hydroxylation sites is 1. The molecule has 1 aliphatic rings. The van der Waals surface area contributed by atoms with Crippen molar-refractivity contribution in [3.63, 3.8) is 0 Å². The van der Waals surface area contributed by atoms with Gasteiger partial charge in [-0.05, 0) is 68.9 Å². The molecule has 4 rings (SSSR count). The zero-order valence-corrected chi connectivity index (χ0v) is 19.2. The van der Waals surface area contributed by atoms with Gasteiger partial charge < -0.3 is 19.2 Å². The van der Waals surface area contributed by atoms with Gasteiger partial charge in [0, 0.05) is 29.7 Å². The number of carboxylic acid groups (broad SMARTS) is 1. The molecule has 6 nitrogen and oxygen atoms in total. The number of carboxylic acids is 1. The minimum absolute atomic E-state index is 0.159. The van der Waals surface area contributed by atoms with Crippen LogP contribution in [0.4, 0.5) is 0 Å². The van der Waals surface area contributed by atoms with E-state index in [0.29, 0.717) is 42.9 Å². The Bertz CT molecular complexity index is 1130. The van der Waals surface area contributed by atoms with E-state index in [9.17, 15) is 11.0 Å². The topological polar surface area (TPSA) is 80.0 Å². The molecule has 0 bridgehead atoms. The Kier molecular flexibility index (Phi) is 7.56. The van der Waals surface area contributed by atoms with Gasteiger partial charge in [-0.3, -0.25) is 9.59 Å². The van der Waals surface area contributed by atoms with Gasteiger partial charge in [-0.15, -0.1) is 0 Å². The zero-order valence-electron chi connectivity index (χ0n) is 20.2. The maximum atomic E-state index is 13.6. The minimum atomic E-state index is -1.23. The van der Waals surface area contributed by atoms with Gasteiger partial charge in [0.1, 0.15) is 11.5 Å². The van der Waals surface area contributed by atoms with E-state index in [1.165, 1.54) is 0 Å². The Morgan fingerprint density at radius 1 is 1.03 bits per heavy atom. The van der Waals surface area contributed by atoms with Crippen molar-refractivity contribution in [2.75, 3.05) is 13.2 Å². The lowest BCUT2D eigenvalue weighted by Gasteiger charge is -2.37. The number of carbonyl (C=O) groups is 2. The summed E-state index contributed by atoms with van der Waals surface area (Å²) in [5, 5.41) is 8.78. The smallest absolute Gasteiger partial charge is 0.303 e. The summed E-state index contributed by atoms with van der Waals surface area (Å²) in [7, 11) is 0. The third-order valence-corrected chi connectivity index (χ3v) is 6.04. The van der Waals surface area contributed by atoms with Crippen molar-refractivity contribution < 1.29 is 25.2 Å². The summed E-state index contributed by atoms with van der Waals surface area (Å²) < 4.78 is 20.9. The second kappa shape index (κ2) is 11.5. The molecule has 2 aromatic carbocycles. The number of piperidine rings is 1. The summed E-state index contributed by atoms with van der Waals surface area (Å²) in [5.74, 6) is 0.388. The van der Waals surface area contributed by atoms with Crippen LogP contribution in [0.5, 0.6) is 5.75 Å². The molecule has 0 saturated carbocycles. The molecule has 0 radical (unpaired) electrons. The molecule has 3 aromatic rings. The van der Waals surface area contributed by atoms with Gasteiger partial charge in [0.2, 0.25) is 0 Å². The molecule has 1 aromatic heterocycles. The normalized spacial score (nSPS) is 18.4. The number of nitrogens with zero attached hydrogens (tertiary/aromatic N) is 1. The number of hydrogen-bond acceptors (Lipinski definition) is 4. The molecule has 6 heteroatoms. The third kappa shape index (κ3) is 5.87. The summed E-state index contributed by atoms with van der Waals surface area (Å²) in [6.07, 6.45) is 6.12. The van der Waals surface area contributed by atoms with Gasteiger partial charge >= 0.3 is 5.97 Å². The number of amides is 1. The maximum Gasteiger partial charge on any atom is 0.303 e. The van der Waals surface area contributed by atoms with Crippen molar-refractivity contribution in [1.82, 2.24) is 4.90 Å². The van der Waals surface area contributed by atoms with Gasteiger partial charge in [0.15, 0.2) is 0 Å². The molecule has 1 aliphatic heterocycles. The van der Waals surface area contributed by atoms with Crippen LogP contribution < -0.4 is 4.74 Å². The fraction of sp³-hybridized carbons (Fsp3) is 0.357. The van der Waals surface area contributed by atoms with Crippen molar-refractivity contribution >= 4 is 11.9 Å². The van der Waals surface area contributed by atoms with Crippen LogP contribution in [0, 0.1) is 0 Å². The van der Waals surface area contributed by atoms with Crippen LogP contribution >= 0.6 is 0 Å². The zero-order chi connectivity index (χ0) is 24.7. The van der Waals surface area contributed by atoms with Crippen LogP contribution in [0.3, 0.4) is 0 Å². The van der Waals surface area contributed by atoms with Crippen molar-refractivity contribution in [2.45, 2.75) is 51.0 Å². The predicted octanol–water partition coefficient (Wildman–Crippen LogP) is 6.34. The number of aliphatic carboxylic acids is 1. The number of benzene rings is 2. The Hall–Kier alpha value is -3.54. The van der Waals surface area contributed by atoms with E-state index in [4.69, 9.17) is 14.3 Å². The lowest BCUT2D eigenvalue weighted by Crippen LogP contribution is -2.38. The molecule has 2 heterocycles.